The van der Waals surface area contributed by atoms with Gasteiger partial charge in [-0.05, 0) is 80.5 Å². The molecule has 0 fully saturated rings. The molecule has 3 aromatic rings. The predicted octanol–water partition coefficient (Wildman–Crippen LogP) is 8.34. The second-order valence-corrected chi connectivity index (χ2v) is 9.75. The number of hydrogen-bond acceptors (Lipinski definition) is 3. The summed E-state index contributed by atoms with van der Waals surface area (Å²) in [6.07, 6.45) is 3.73. The molecule has 0 aliphatic heterocycles. The lowest BCUT2D eigenvalue weighted by atomic mass is 9.71. The molecule has 3 aromatic carbocycles. The average molecular weight is 473 g/mol. The molecule has 0 amide bonds. The molecule has 0 aliphatic rings. The summed E-state index contributed by atoms with van der Waals surface area (Å²) in [5, 5.41) is 0. The molecule has 0 N–H and O–H groups in total. The lowest BCUT2D eigenvalue weighted by Gasteiger charge is -2.32. The largest absolute Gasteiger partial charge is 0.490 e. The van der Waals surface area contributed by atoms with Crippen LogP contribution in [0.2, 0.25) is 0 Å². The first-order valence-electron chi connectivity index (χ1n) is 13.0. The molecule has 3 rings (SSSR count). The number of hydrogen-bond donors (Lipinski definition) is 0. The van der Waals surface area contributed by atoms with Gasteiger partial charge in [-0.25, -0.2) is 0 Å². The van der Waals surface area contributed by atoms with E-state index in [0.29, 0.717) is 5.75 Å². The minimum Gasteiger partial charge on any atom is -0.490 e. The average Bonchev–Trinajstić information content (AvgIpc) is 2.92. The minimum absolute atomic E-state index is 0.172. The highest BCUT2D eigenvalue weighted by atomic mass is 16.5. The fourth-order valence-corrected chi connectivity index (χ4v) is 4.41. The van der Waals surface area contributed by atoms with Crippen molar-refractivity contribution in [2.45, 2.75) is 78.7 Å². The second kappa shape index (κ2) is 11.6. The van der Waals surface area contributed by atoms with Gasteiger partial charge in [0.25, 0.3) is 0 Å². The Labute approximate surface area is 211 Å². The maximum absolute atomic E-state index is 12.7. The van der Waals surface area contributed by atoms with Gasteiger partial charge in [0.15, 0.2) is 0 Å². The zero-order valence-electron chi connectivity index (χ0n) is 22.1. The zero-order valence-corrected chi connectivity index (χ0v) is 22.1. The Hall–Kier alpha value is -3.07. The predicted molar refractivity (Wildman–Crippen MR) is 144 cm³/mol. The van der Waals surface area contributed by atoms with Gasteiger partial charge >= 0.3 is 5.97 Å². The van der Waals surface area contributed by atoms with Crippen molar-refractivity contribution in [2.24, 2.45) is 5.41 Å². The minimum atomic E-state index is -0.463. The molecule has 1 unspecified atom stereocenters. The Kier molecular flexibility index (Phi) is 8.77. The molecule has 35 heavy (non-hydrogen) atoms. The van der Waals surface area contributed by atoms with Crippen molar-refractivity contribution in [2.75, 3.05) is 0 Å². The topological polar surface area (TPSA) is 35.5 Å². The molecular weight excluding hydrogens is 432 g/mol. The van der Waals surface area contributed by atoms with E-state index in [1.165, 1.54) is 11.1 Å². The third-order valence-corrected chi connectivity index (χ3v) is 7.69. The first kappa shape index (κ1) is 26.5. The van der Waals surface area contributed by atoms with Crippen molar-refractivity contribution < 1.29 is 14.3 Å². The van der Waals surface area contributed by atoms with Crippen LogP contribution in [-0.2, 0) is 10.2 Å². The van der Waals surface area contributed by atoms with Crippen molar-refractivity contribution in [3.05, 3.63) is 95.6 Å². The van der Waals surface area contributed by atoms with Crippen molar-refractivity contribution in [1.82, 2.24) is 0 Å². The number of benzene rings is 3. The monoisotopic (exact) mass is 472 g/mol. The van der Waals surface area contributed by atoms with Crippen LogP contribution in [0.1, 0.15) is 83.9 Å². The Morgan fingerprint density at radius 1 is 0.686 bits per heavy atom. The van der Waals surface area contributed by atoms with Crippen molar-refractivity contribution >= 4 is 5.97 Å². The molecule has 0 spiro atoms. The molecule has 3 nitrogen and oxygen atoms in total. The molecule has 1 atom stereocenters. The second-order valence-electron chi connectivity index (χ2n) is 9.75. The number of carbonyl (C=O) groups excluding carboxylic acids is 1. The van der Waals surface area contributed by atoms with Crippen LogP contribution in [0.15, 0.2) is 78.9 Å². The van der Waals surface area contributed by atoms with Crippen LogP contribution in [0.3, 0.4) is 0 Å². The summed E-state index contributed by atoms with van der Waals surface area (Å²) < 4.78 is 11.9. The molecule has 0 radical (unpaired) electrons. The van der Waals surface area contributed by atoms with Crippen molar-refractivity contribution in [3.63, 3.8) is 0 Å². The van der Waals surface area contributed by atoms with Gasteiger partial charge in [-0.2, -0.15) is 0 Å². The highest BCUT2D eigenvalue weighted by Crippen LogP contribution is 2.40. The quantitative estimate of drug-likeness (QED) is 0.160. The molecule has 0 aliphatic carbocycles. The summed E-state index contributed by atoms with van der Waals surface area (Å²) in [6.45, 7) is 12.6. The fourth-order valence-electron chi connectivity index (χ4n) is 4.41. The number of carbonyl (C=O) groups is 1. The summed E-state index contributed by atoms with van der Waals surface area (Å²) in [7, 11) is 0. The summed E-state index contributed by atoms with van der Waals surface area (Å²) in [4.78, 5) is 12.7. The standard InChI is InChI=1S/C32H40O3/c1-7-27(8-2)34-28-20-16-25(17-21-28)32(6,24-14-12-11-13-15-24)26-18-22-29(23-19-26)35-30(33)31(5,9-3)10-4/h11-23,27H,7-10H2,1-6H3. The van der Waals surface area contributed by atoms with E-state index in [1.54, 1.807) is 0 Å². The van der Waals surface area contributed by atoms with Gasteiger partial charge in [-0.15, -0.1) is 0 Å². The van der Waals surface area contributed by atoms with Crippen LogP contribution in [0, 0.1) is 5.41 Å². The van der Waals surface area contributed by atoms with E-state index in [1.807, 2.05) is 39.0 Å². The lowest BCUT2D eigenvalue weighted by molar-refractivity contribution is -0.145. The van der Waals surface area contributed by atoms with Crippen LogP contribution in [0.4, 0.5) is 0 Å². The Morgan fingerprint density at radius 3 is 1.60 bits per heavy atom. The van der Waals surface area contributed by atoms with Crippen LogP contribution < -0.4 is 9.47 Å². The first-order valence-corrected chi connectivity index (χ1v) is 13.0. The Morgan fingerprint density at radius 2 is 1.14 bits per heavy atom. The third-order valence-electron chi connectivity index (χ3n) is 7.69. The lowest BCUT2D eigenvalue weighted by Crippen LogP contribution is -2.30. The van der Waals surface area contributed by atoms with E-state index in [0.717, 1.165) is 37.0 Å². The van der Waals surface area contributed by atoms with E-state index in [-0.39, 0.29) is 17.5 Å². The molecule has 0 bridgehead atoms. The summed E-state index contributed by atoms with van der Waals surface area (Å²) in [5.41, 5.74) is 2.66. The zero-order chi connectivity index (χ0) is 25.5. The normalized spacial score (nSPS) is 13.3. The van der Waals surface area contributed by atoms with E-state index in [2.05, 4.69) is 81.4 Å². The van der Waals surface area contributed by atoms with Crippen LogP contribution in [0.25, 0.3) is 0 Å². The van der Waals surface area contributed by atoms with Gasteiger partial charge < -0.3 is 9.47 Å². The molecule has 186 valence electrons. The maximum Gasteiger partial charge on any atom is 0.317 e. The maximum atomic E-state index is 12.7. The van der Waals surface area contributed by atoms with Gasteiger partial charge in [0.1, 0.15) is 11.5 Å². The SMILES string of the molecule is CCC(CC)Oc1ccc(C(C)(c2ccccc2)c2ccc(OC(=O)C(C)(CC)CC)cc2)cc1. The molecule has 0 aromatic heterocycles. The molecule has 3 heteroatoms. The first-order chi connectivity index (χ1) is 16.8. The highest BCUT2D eigenvalue weighted by molar-refractivity contribution is 5.78. The van der Waals surface area contributed by atoms with Gasteiger partial charge in [0, 0.05) is 5.41 Å². The molecule has 0 saturated carbocycles. The number of ether oxygens (including phenoxy) is 2. The van der Waals surface area contributed by atoms with Gasteiger partial charge in [0.05, 0.1) is 11.5 Å². The summed E-state index contributed by atoms with van der Waals surface area (Å²) in [5.74, 6) is 1.31. The van der Waals surface area contributed by atoms with E-state index >= 15 is 0 Å². The Bertz CT molecular complexity index is 1060. The van der Waals surface area contributed by atoms with E-state index < -0.39 is 5.41 Å². The van der Waals surface area contributed by atoms with E-state index in [4.69, 9.17) is 9.47 Å². The van der Waals surface area contributed by atoms with Gasteiger partial charge in [-0.3, -0.25) is 4.79 Å². The smallest absolute Gasteiger partial charge is 0.317 e. The molecule has 0 heterocycles. The Balaban J connectivity index is 1.94. The third kappa shape index (κ3) is 5.78. The van der Waals surface area contributed by atoms with E-state index in [9.17, 15) is 4.79 Å². The van der Waals surface area contributed by atoms with Crippen LogP contribution in [-0.4, -0.2) is 12.1 Å². The van der Waals surface area contributed by atoms with Crippen molar-refractivity contribution in [3.8, 4) is 11.5 Å². The van der Waals surface area contributed by atoms with Crippen LogP contribution in [0.5, 0.6) is 11.5 Å². The van der Waals surface area contributed by atoms with Crippen LogP contribution >= 0.6 is 0 Å². The summed E-state index contributed by atoms with van der Waals surface area (Å²) in [6, 6.07) is 26.9. The van der Waals surface area contributed by atoms with Gasteiger partial charge in [0.2, 0.25) is 0 Å². The molecular formula is C32H40O3. The number of esters is 1. The highest BCUT2D eigenvalue weighted by Gasteiger charge is 2.33. The van der Waals surface area contributed by atoms with Gasteiger partial charge in [-0.1, -0.05) is 82.3 Å². The van der Waals surface area contributed by atoms with Crippen molar-refractivity contribution in [1.29, 1.82) is 0 Å². The summed E-state index contributed by atoms with van der Waals surface area (Å²) >= 11 is 0. The number of rotatable bonds is 11. The fraction of sp³-hybridized carbons (Fsp3) is 0.406. The molecule has 0 saturated heterocycles.